The lowest BCUT2D eigenvalue weighted by Gasteiger charge is -1.95. The van der Waals surface area contributed by atoms with Crippen molar-refractivity contribution in [3.05, 3.63) is 34.1 Å². The smallest absolute Gasteiger partial charge is 0.297 e. The van der Waals surface area contributed by atoms with Gasteiger partial charge in [-0.2, -0.15) is 4.73 Å². The zero-order valence-corrected chi connectivity index (χ0v) is 8.04. The van der Waals surface area contributed by atoms with Crippen LogP contribution in [-0.4, -0.2) is 19.8 Å². The van der Waals surface area contributed by atoms with Gasteiger partial charge in [-0.1, -0.05) is 13.0 Å². The fourth-order valence-corrected chi connectivity index (χ4v) is 1.50. The van der Waals surface area contributed by atoms with Crippen LogP contribution < -0.4 is 0 Å². The highest BCUT2D eigenvalue weighted by Crippen LogP contribution is 2.24. The van der Waals surface area contributed by atoms with Gasteiger partial charge in [-0.15, -0.1) is 0 Å². The van der Waals surface area contributed by atoms with E-state index in [0.717, 1.165) is 4.73 Å². The number of para-hydroxylation sites is 1. The van der Waals surface area contributed by atoms with Crippen LogP contribution in [0.1, 0.15) is 12.7 Å². The lowest BCUT2D eigenvalue weighted by molar-refractivity contribution is -0.383. The summed E-state index contributed by atoms with van der Waals surface area (Å²) in [5.41, 5.74) is 0.498. The maximum Gasteiger partial charge on any atom is 0.297 e. The second-order valence-corrected chi connectivity index (χ2v) is 3.10. The number of aryl methyl sites for hydroxylation is 1. The Bertz CT molecular complexity index is 533. The molecule has 0 aliphatic rings. The van der Waals surface area contributed by atoms with Crippen LogP contribution in [0.4, 0.5) is 5.69 Å². The van der Waals surface area contributed by atoms with Crippen molar-refractivity contribution >= 4 is 16.7 Å². The summed E-state index contributed by atoms with van der Waals surface area (Å²) in [6.45, 7) is 1.82. The number of non-ortho nitro benzene ring substituents is 1. The number of nitro groups is 1. The lowest BCUT2D eigenvalue weighted by atomic mass is 10.3. The first-order valence-corrected chi connectivity index (χ1v) is 4.49. The highest BCUT2D eigenvalue weighted by Gasteiger charge is 2.18. The molecule has 0 fully saturated rings. The van der Waals surface area contributed by atoms with Crippen molar-refractivity contribution in [3.63, 3.8) is 0 Å². The van der Waals surface area contributed by atoms with Crippen LogP contribution in [0.5, 0.6) is 0 Å². The molecule has 2 rings (SSSR count). The molecule has 0 aliphatic carbocycles. The molecule has 1 aromatic carbocycles. The van der Waals surface area contributed by atoms with Gasteiger partial charge in [-0.05, 0) is 6.07 Å². The standard InChI is InChI=1S/C9H9N3O3/c1-2-8-10-9-6(11(8)13)4-3-5-7(9)12(14)15/h3-5,13H,2H2,1H3. The van der Waals surface area contributed by atoms with Gasteiger partial charge in [-0.25, -0.2) is 4.98 Å². The van der Waals surface area contributed by atoms with Crippen molar-refractivity contribution in [2.75, 3.05) is 0 Å². The van der Waals surface area contributed by atoms with Gasteiger partial charge in [0.1, 0.15) is 11.3 Å². The highest BCUT2D eigenvalue weighted by atomic mass is 16.6. The summed E-state index contributed by atoms with van der Waals surface area (Å²) in [5.74, 6) is 0.416. The van der Waals surface area contributed by atoms with E-state index < -0.39 is 4.92 Å². The van der Waals surface area contributed by atoms with E-state index in [1.165, 1.54) is 12.1 Å². The third kappa shape index (κ3) is 1.30. The van der Waals surface area contributed by atoms with Crippen molar-refractivity contribution in [2.24, 2.45) is 0 Å². The monoisotopic (exact) mass is 207 g/mol. The summed E-state index contributed by atoms with van der Waals surface area (Å²) in [5, 5.41) is 20.3. The number of aromatic nitrogens is 2. The fraction of sp³-hybridized carbons (Fsp3) is 0.222. The molecule has 0 saturated heterocycles. The van der Waals surface area contributed by atoms with Crippen molar-refractivity contribution < 1.29 is 10.1 Å². The molecular weight excluding hydrogens is 198 g/mol. The number of nitrogens with zero attached hydrogens (tertiary/aromatic N) is 3. The summed E-state index contributed by atoms with van der Waals surface area (Å²) in [7, 11) is 0. The van der Waals surface area contributed by atoms with Crippen molar-refractivity contribution in [3.8, 4) is 0 Å². The topological polar surface area (TPSA) is 81.2 Å². The predicted octanol–water partition coefficient (Wildman–Crippen LogP) is 1.74. The van der Waals surface area contributed by atoms with E-state index in [9.17, 15) is 15.3 Å². The number of imidazole rings is 1. The number of fused-ring (bicyclic) bond motifs is 1. The van der Waals surface area contributed by atoms with Crippen LogP contribution >= 0.6 is 0 Å². The van der Waals surface area contributed by atoms with E-state index >= 15 is 0 Å². The Labute approximate surface area is 84.9 Å². The number of benzene rings is 1. The highest BCUT2D eigenvalue weighted by molar-refractivity contribution is 5.84. The maximum atomic E-state index is 10.7. The Morgan fingerprint density at radius 2 is 2.33 bits per heavy atom. The van der Waals surface area contributed by atoms with Gasteiger partial charge in [0.05, 0.1) is 4.92 Å². The first kappa shape index (κ1) is 9.45. The minimum atomic E-state index is -0.505. The van der Waals surface area contributed by atoms with Crippen molar-refractivity contribution in [2.45, 2.75) is 13.3 Å². The van der Waals surface area contributed by atoms with Gasteiger partial charge < -0.3 is 5.21 Å². The molecule has 1 heterocycles. The number of nitro benzene ring substituents is 1. The maximum absolute atomic E-state index is 10.7. The zero-order chi connectivity index (χ0) is 11.0. The van der Waals surface area contributed by atoms with Gasteiger partial charge in [0.15, 0.2) is 5.52 Å². The number of hydrogen-bond acceptors (Lipinski definition) is 4. The van der Waals surface area contributed by atoms with E-state index in [0.29, 0.717) is 17.8 Å². The van der Waals surface area contributed by atoms with E-state index in [1.54, 1.807) is 6.07 Å². The summed E-state index contributed by atoms with van der Waals surface area (Å²) in [4.78, 5) is 14.2. The summed E-state index contributed by atoms with van der Waals surface area (Å²) < 4.78 is 0.891. The average molecular weight is 207 g/mol. The quantitative estimate of drug-likeness (QED) is 0.462. The Kier molecular flexibility index (Phi) is 2.03. The number of rotatable bonds is 2. The fourth-order valence-electron chi connectivity index (χ4n) is 1.50. The average Bonchev–Trinajstić information content (AvgIpc) is 2.55. The molecule has 0 radical (unpaired) electrons. The van der Waals surface area contributed by atoms with Gasteiger partial charge in [0.2, 0.25) is 0 Å². The molecule has 1 N–H and O–H groups in total. The zero-order valence-electron chi connectivity index (χ0n) is 8.04. The van der Waals surface area contributed by atoms with Crippen LogP contribution in [-0.2, 0) is 6.42 Å². The molecule has 78 valence electrons. The lowest BCUT2D eigenvalue weighted by Crippen LogP contribution is -1.96. The predicted molar refractivity (Wildman–Crippen MR) is 52.9 cm³/mol. The molecule has 1 aromatic heterocycles. The molecule has 0 unspecified atom stereocenters. The van der Waals surface area contributed by atoms with E-state index in [-0.39, 0.29) is 11.2 Å². The minimum absolute atomic E-state index is 0.0880. The summed E-state index contributed by atoms with van der Waals surface area (Å²) in [6.07, 6.45) is 0.516. The molecule has 0 amide bonds. The molecule has 6 heteroatoms. The molecule has 15 heavy (non-hydrogen) atoms. The Morgan fingerprint density at radius 3 is 2.93 bits per heavy atom. The SMILES string of the molecule is CCc1nc2c([N+](=O)[O-])cccc2n1O. The van der Waals surface area contributed by atoms with E-state index in [4.69, 9.17) is 0 Å². The molecule has 2 aromatic rings. The molecule has 0 atom stereocenters. The second-order valence-electron chi connectivity index (χ2n) is 3.10. The first-order valence-electron chi connectivity index (χ1n) is 4.49. The van der Waals surface area contributed by atoms with Crippen LogP contribution in [0.3, 0.4) is 0 Å². The normalized spacial score (nSPS) is 10.7. The van der Waals surface area contributed by atoms with Crippen LogP contribution in [0.2, 0.25) is 0 Å². The third-order valence-electron chi connectivity index (χ3n) is 2.22. The minimum Gasteiger partial charge on any atom is -0.427 e. The van der Waals surface area contributed by atoms with E-state index in [2.05, 4.69) is 4.98 Å². The van der Waals surface area contributed by atoms with Gasteiger partial charge in [-0.3, -0.25) is 10.1 Å². The molecule has 6 nitrogen and oxygen atoms in total. The largest absolute Gasteiger partial charge is 0.427 e. The van der Waals surface area contributed by atoms with Crippen molar-refractivity contribution in [1.29, 1.82) is 0 Å². The van der Waals surface area contributed by atoms with Crippen LogP contribution in [0, 0.1) is 10.1 Å². The number of hydrogen-bond donors (Lipinski definition) is 1. The van der Waals surface area contributed by atoms with Gasteiger partial charge in [0.25, 0.3) is 5.69 Å². The summed E-state index contributed by atoms with van der Waals surface area (Å²) >= 11 is 0. The Hall–Kier alpha value is -2.11. The second kappa shape index (κ2) is 3.23. The Balaban J connectivity index is 2.81. The molecule has 0 bridgehead atoms. The van der Waals surface area contributed by atoms with Gasteiger partial charge in [0, 0.05) is 12.5 Å². The first-order chi connectivity index (χ1) is 7.15. The van der Waals surface area contributed by atoms with Gasteiger partial charge >= 0.3 is 0 Å². The van der Waals surface area contributed by atoms with Crippen molar-refractivity contribution in [1.82, 2.24) is 9.71 Å². The third-order valence-corrected chi connectivity index (χ3v) is 2.22. The molecule has 0 saturated carbocycles. The Morgan fingerprint density at radius 1 is 1.60 bits per heavy atom. The molecule has 0 aliphatic heterocycles. The van der Waals surface area contributed by atoms with Crippen LogP contribution in [0.25, 0.3) is 11.0 Å². The van der Waals surface area contributed by atoms with Crippen LogP contribution in [0.15, 0.2) is 18.2 Å². The molecular formula is C9H9N3O3. The van der Waals surface area contributed by atoms with E-state index in [1.807, 2.05) is 6.92 Å². The summed E-state index contributed by atoms with van der Waals surface area (Å²) in [6, 6.07) is 4.48. The molecule has 0 spiro atoms.